The predicted octanol–water partition coefficient (Wildman–Crippen LogP) is 1.58. The summed E-state index contributed by atoms with van der Waals surface area (Å²) in [5, 5.41) is 11.6. The molecule has 0 bridgehead atoms. The van der Waals surface area contributed by atoms with Crippen LogP contribution in [-0.2, 0) is 4.74 Å². The van der Waals surface area contributed by atoms with Gasteiger partial charge in [0.2, 0.25) is 0 Å². The average Bonchev–Trinajstić information content (AvgIpc) is 3.29. The first-order chi connectivity index (χ1) is 10.2. The van der Waals surface area contributed by atoms with Gasteiger partial charge < -0.3 is 15.2 Å². The molecule has 1 amide bonds. The molecule has 1 aromatic carbocycles. The second-order valence-electron chi connectivity index (χ2n) is 5.46. The number of hydrogen-bond donors (Lipinski definition) is 2. The molecule has 0 aliphatic heterocycles. The van der Waals surface area contributed by atoms with Gasteiger partial charge in [0.15, 0.2) is 0 Å². The lowest BCUT2D eigenvalue weighted by atomic mass is 10.0. The fourth-order valence-electron chi connectivity index (χ4n) is 2.23. The number of nitrogens with one attached hydrogen (secondary N) is 1. The Kier molecular flexibility index (Phi) is 5.38. The van der Waals surface area contributed by atoms with E-state index < -0.39 is 0 Å². The van der Waals surface area contributed by atoms with Crippen molar-refractivity contribution >= 4 is 5.91 Å². The summed E-state index contributed by atoms with van der Waals surface area (Å²) in [4.78, 5) is 12.1. The van der Waals surface area contributed by atoms with Gasteiger partial charge >= 0.3 is 0 Å². The Morgan fingerprint density at radius 1 is 1.38 bits per heavy atom. The normalized spacial score (nSPS) is 15.0. The number of carbonyl (C=O) groups is 1. The molecule has 0 unspecified atom stereocenters. The second kappa shape index (κ2) is 7.26. The zero-order valence-electron chi connectivity index (χ0n) is 12.3. The Bertz CT molecular complexity index is 535. The molecular weight excluding hydrogens is 266 g/mol. The van der Waals surface area contributed by atoms with Crippen molar-refractivity contribution in [2.24, 2.45) is 5.41 Å². The number of aliphatic hydroxyl groups excluding tert-OH is 1. The van der Waals surface area contributed by atoms with Gasteiger partial charge in [0.25, 0.3) is 5.91 Å². The van der Waals surface area contributed by atoms with Gasteiger partial charge in [-0.2, -0.15) is 0 Å². The molecule has 1 aliphatic carbocycles. The van der Waals surface area contributed by atoms with E-state index in [1.807, 2.05) is 0 Å². The zero-order chi connectivity index (χ0) is 15.1. The Labute approximate surface area is 125 Å². The highest BCUT2D eigenvalue weighted by Crippen LogP contribution is 2.48. The molecule has 0 atom stereocenters. The fraction of sp³-hybridized carbons (Fsp3) is 0.471. The van der Waals surface area contributed by atoms with E-state index in [4.69, 9.17) is 9.84 Å². The van der Waals surface area contributed by atoms with E-state index in [0.29, 0.717) is 12.1 Å². The molecule has 1 aromatic rings. The van der Waals surface area contributed by atoms with Gasteiger partial charge in [0.05, 0.1) is 0 Å². The van der Waals surface area contributed by atoms with E-state index in [0.717, 1.165) is 31.4 Å². The largest absolute Gasteiger partial charge is 0.385 e. The second-order valence-corrected chi connectivity index (χ2v) is 5.46. The van der Waals surface area contributed by atoms with E-state index in [1.54, 1.807) is 31.4 Å². The Morgan fingerprint density at radius 3 is 2.67 bits per heavy atom. The molecule has 1 aliphatic rings. The third-order valence-corrected chi connectivity index (χ3v) is 3.88. The Morgan fingerprint density at radius 2 is 2.10 bits per heavy atom. The standard InChI is InChI=1S/C17H21NO3/c1-21-12-10-17(8-9-17)13-18-16(20)15-6-4-14(5-7-15)3-2-11-19/h4-7,19H,8-13H2,1H3,(H,18,20). The summed E-state index contributed by atoms with van der Waals surface area (Å²) in [5.41, 5.74) is 1.67. The maximum atomic E-state index is 12.1. The van der Waals surface area contributed by atoms with E-state index in [-0.39, 0.29) is 17.9 Å². The van der Waals surface area contributed by atoms with Crippen LogP contribution in [0.2, 0.25) is 0 Å². The third-order valence-electron chi connectivity index (χ3n) is 3.88. The van der Waals surface area contributed by atoms with Gasteiger partial charge in [-0.15, -0.1) is 0 Å². The molecule has 4 heteroatoms. The minimum atomic E-state index is -0.161. The van der Waals surface area contributed by atoms with Gasteiger partial charge in [-0.3, -0.25) is 4.79 Å². The third kappa shape index (κ3) is 4.59. The molecule has 0 saturated heterocycles. The highest BCUT2D eigenvalue weighted by molar-refractivity contribution is 5.94. The molecule has 1 fully saturated rings. The number of hydrogen-bond acceptors (Lipinski definition) is 3. The van der Waals surface area contributed by atoms with Crippen LogP contribution in [0.3, 0.4) is 0 Å². The molecule has 0 spiro atoms. The number of benzene rings is 1. The molecule has 4 nitrogen and oxygen atoms in total. The smallest absolute Gasteiger partial charge is 0.251 e. The predicted molar refractivity (Wildman–Crippen MR) is 80.9 cm³/mol. The Balaban J connectivity index is 1.86. The van der Waals surface area contributed by atoms with Gasteiger partial charge in [-0.05, 0) is 48.9 Å². The summed E-state index contributed by atoms with van der Waals surface area (Å²) < 4.78 is 5.11. The van der Waals surface area contributed by atoms with Crippen LogP contribution in [0.15, 0.2) is 24.3 Å². The quantitative estimate of drug-likeness (QED) is 0.781. The van der Waals surface area contributed by atoms with E-state index >= 15 is 0 Å². The van der Waals surface area contributed by atoms with Crippen molar-refractivity contribution in [3.63, 3.8) is 0 Å². The van der Waals surface area contributed by atoms with Crippen molar-refractivity contribution in [1.29, 1.82) is 0 Å². The van der Waals surface area contributed by atoms with Crippen molar-refractivity contribution in [2.75, 3.05) is 26.9 Å². The molecular formula is C17H21NO3. The first-order valence-corrected chi connectivity index (χ1v) is 7.16. The van der Waals surface area contributed by atoms with Crippen LogP contribution in [0.4, 0.5) is 0 Å². The van der Waals surface area contributed by atoms with E-state index in [9.17, 15) is 4.79 Å². The van der Waals surface area contributed by atoms with Crippen molar-refractivity contribution in [3.8, 4) is 11.8 Å². The topological polar surface area (TPSA) is 58.6 Å². The van der Waals surface area contributed by atoms with Crippen molar-refractivity contribution < 1.29 is 14.6 Å². The molecule has 0 radical (unpaired) electrons. The first-order valence-electron chi connectivity index (χ1n) is 7.16. The summed E-state index contributed by atoms with van der Waals surface area (Å²) in [7, 11) is 1.70. The molecule has 21 heavy (non-hydrogen) atoms. The van der Waals surface area contributed by atoms with Crippen molar-refractivity contribution in [2.45, 2.75) is 19.3 Å². The maximum absolute atomic E-state index is 12.1. The van der Waals surface area contributed by atoms with Crippen LogP contribution in [-0.4, -0.2) is 37.9 Å². The van der Waals surface area contributed by atoms with Gasteiger partial charge in [-0.25, -0.2) is 0 Å². The summed E-state index contributed by atoms with van der Waals surface area (Å²) in [6.45, 7) is 1.29. The minimum Gasteiger partial charge on any atom is -0.385 e. The molecule has 2 N–H and O–H groups in total. The average molecular weight is 287 g/mol. The van der Waals surface area contributed by atoms with Crippen LogP contribution < -0.4 is 5.32 Å². The summed E-state index contributed by atoms with van der Waals surface area (Å²) in [6.07, 6.45) is 3.32. The van der Waals surface area contributed by atoms with Gasteiger partial charge in [0.1, 0.15) is 6.61 Å². The lowest BCUT2D eigenvalue weighted by Gasteiger charge is -2.15. The first kappa shape index (κ1) is 15.6. The van der Waals surface area contributed by atoms with Crippen molar-refractivity contribution in [1.82, 2.24) is 5.32 Å². The minimum absolute atomic E-state index is 0.0552. The van der Waals surface area contributed by atoms with Gasteiger partial charge in [0, 0.05) is 31.4 Å². The lowest BCUT2D eigenvalue weighted by Crippen LogP contribution is -2.30. The summed E-state index contributed by atoms with van der Waals surface area (Å²) >= 11 is 0. The Hall–Kier alpha value is -1.83. The molecule has 0 aromatic heterocycles. The van der Waals surface area contributed by atoms with E-state index in [1.165, 1.54) is 0 Å². The van der Waals surface area contributed by atoms with Crippen LogP contribution >= 0.6 is 0 Å². The lowest BCUT2D eigenvalue weighted by molar-refractivity contribution is 0.0938. The van der Waals surface area contributed by atoms with Gasteiger partial charge in [-0.1, -0.05) is 11.8 Å². The zero-order valence-corrected chi connectivity index (χ0v) is 12.3. The number of aliphatic hydroxyl groups is 1. The molecule has 2 rings (SSSR count). The summed E-state index contributed by atoms with van der Waals surface area (Å²) in [6, 6.07) is 7.08. The van der Waals surface area contributed by atoms with Crippen LogP contribution in [0, 0.1) is 17.3 Å². The highest BCUT2D eigenvalue weighted by atomic mass is 16.5. The monoisotopic (exact) mass is 287 g/mol. The molecule has 0 heterocycles. The number of carbonyl (C=O) groups excluding carboxylic acids is 1. The number of rotatable bonds is 6. The van der Waals surface area contributed by atoms with Crippen molar-refractivity contribution in [3.05, 3.63) is 35.4 Å². The molecule has 112 valence electrons. The number of methoxy groups -OCH3 is 1. The fourth-order valence-corrected chi connectivity index (χ4v) is 2.23. The molecule has 1 saturated carbocycles. The number of ether oxygens (including phenoxy) is 1. The van der Waals surface area contributed by atoms with Crippen LogP contribution in [0.5, 0.6) is 0 Å². The van der Waals surface area contributed by atoms with E-state index in [2.05, 4.69) is 17.2 Å². The van der Waals surface area contributed by atoms with Crippen LogP contribution in [0.25, 0.3) is 0 Å². The SMILES string of the molecule is COCCC1(CNC(=O)c2ccc(C#CCO)cc2)CC1. The maximum Gasteiger partial charge on any atom is 0.251 e. The van der Waals surface area contributed by atoms with Crippen LogP contribution in [0.1, 0.15) is 35.2 Å². The number of amides is 1. The highest BCUT2D eigenvalue weighted by Gasteiger charge is 2.42. The summed E-state index contributed by atoms with van der Waals surface area (Å²) in [5.74, 6) is 5.33.